The van der Waals surface area contributed by atoms with Crippen LogP contribution in [0.3, 0.4) is 0 Å². The Kier molecular flexibility index (Phi) is 6.30. The molecule has 1 amide bonds. The van der Waals surface area contributed by atoms with Crippen LogP contribution in [0, 0.1) is 5.82 Å². The Labute approximate surface area is 186 Å². The quantitative estimate of drug-likeness (QED) is 0.589. The van der Waals surface area contributed by atoms with Crippen molar-refractivity contribution in [2.24, 2.45) is 0 Å². The van der Waals surface area contributed by atoms with Gasteiger partial charge in [-0.25, -0.2) is 14.4 Å². The highest BCUT2D eigenvalue weighted by Crippen LogP contribution is 2.37. The lowest BCUT2D eigenvalue weighted by atomic mass is 10.0. The standard InChI is InChI=1S/C24H26FN5O2/c1-29(2)24-27-15-18(17-8-10-26-11-9-17)23(28-24)20-5-4-12-30(20)22(31)14-16-6-7-21(32-3)19(25)13-16/h6-11,13,15,20H,4-5,12,14H2,1-3H3/t20-/m1/s1. The second kappa shape index (κ2) is 9.30. The van der Waals surface area contributed by atoms with Crippen LogP contribution in [0.15, 0.2) is 48.9 Å². The van der Waals surface area contributed by atoms with Crippen LogP contribution in [0.2, 0.25) is 0 Å². The van der Waals surface area contributed by atoms with Crippen molar-refractivity contribution in [1.29, 1.82) is 0 Å². The summed E-state index contributed by atoms with van der Waals surface area (Å²) in [6, 6.07) is 8.29. The molecular formula is C24H26FN5O2. The molecule has 166 valence electrons. The largest absolute Gasteiger partial charge is 0.494 e. The normalized spacial score (nSPS) is 15.6. The smallest absolute Gasteiger partial charge is 0.227 e. The van der Waals surface area contributed by atoms with Crippen molar-refractivity contribution < 1.29 is 13.9 Å². The molecule has 0 radical (unpaired) electrons. The number of ether oxygens (including phenoxy) is 1. The molecule has 1 saturated heterocycles. The molecule has 1 aromatic carbocycles. The number of carbonyl (C=O) groups is 1. The molecule has 4 rings (SSSR count). The van der Waals surface area contributed by atoms with E-state index in [-0.39, 0.29) is 24.1 Å². The predicted molar refractivity (Wildman–Crippen MR) is 120 cm³/mol. The van der Waals surface area contributed by atoms with Gasteiger partial charge in [0, 0.05) is 44.8 Å². The average Bonchev–Trinajstić information content (AvgIpc) is 3.29. The van der Waals surface area contributed by atoms with Crippen molar-refractivity contribution >= 4 is 11.9 Å². The van der Waals surface area contributed by atoms with E-state index in [0.29, 0.717) is 18.1 Å². The molecule has 0 spiro atoms. The number of halogens is 1. The van der Waals surface area contributed by atoms with Gasteiger partial charge in [0.2, 0.25) is 11.9 Å². The lowest BCUT2D eigenvalue weighted by Crippen LogP contribution is -2.33. The molecule has 3 aromatic rings. The number of hydrogen-bond acceptors (Lipinski definition) is 6. The molecule has 2 aromatic heterocycles. The molecule has 1 aliphatic heterocycles. The maximum Gasteiger partial charge on any atom is 0.227 e. The van der Waals surface area contributed by atoms with Crippen LogP contribution >= 0.6 is 0 Å². The first-order chi connectivity index (χ1) is 15.5. The lowest BCUT2D eigenvalue weighted by Gasteiger charge is -2.27. The molecule has 0 aliphatic carbocycles. The summed E-state index contributed by atoms with van der Waals surface area (Å²) >= 11 is 0. The van der Waals surface area contributed by atoms with E-state index < -0.39 is 5.82 Å². The monoisotopic (exact) mass is 435 g/mol. The molecule has 0 N–H and O–H groups in total. The number of anilines is 1. The van der Waals surface area contributed by atoms with Crippen LogP contribution in [0.5, 0.6) is 5.75 Å². The van der Waals surface area contributed by atoms with Crippen molar-refractivity contribution in [1.82, 2.24) is 19.9 Å². The van der Waals surface area contributed by atoms with Gasteiger partial charge in [0.25, 0.3) is 0 Å². The third-order valence-corrected chi connectivity index (χ3v) is 5.66. The zero-order valence-electron chi connectivity index (χ0n) is 18.5. The SMILES string of the molecule is COc1ccc(CC(=O)N2CCC[C@@H]2c2nc(N(C)C)ncc2-c2ccncc2)cc1F. The van der Waals surface area contributed by atoms with Crippen LogP contribution in [-0.2, 0) is 11.2 Å². The number of likely N-dealkylation sites (tertiary alicyclic amines) is 1. The highest BCUT2D eigenvalue weighted by Gasteiger charge is 2.33. The first kappa shape index (κ1) is 21.7. The van der Waals surface area contributed by atoms with Crippen molar-refractivity contribution in [3.63, 3.8) is 0 Å². The van der Waals surface area contributed by atoms with Gasteiger partial charge in [-0.05, 0) is 48.2 Å². The number of aromatic nitrogens is 3. The molecule has 3 heterocycles. The van der Waals surface area contributed by atoms with E-state index in [9.17, 15) is 9.18 Å². The van der Waals surface area contributed by atoms with Gasteiger partial charge in [-0.3, -0.25) is 9.78 Å². The molecule has 1 aliphatic rings. The minimum Gasteiger partial charge on any atom is -0.494 e. The van der Waals surface area contributed by atoms with Gasteiger partial charge in [0.1, 0.15) is 0 Å². The van der Waals surface area contributed by atoms with E-state index in [0.717, 1.165) is 29.7 Å². The molecule has 0 bridgehead atoms. The number of pyridine rings is 1. The Balaban J connectivity index is 1.66. The summed E-state index contributed by atoms with van der Waals surface area (Å²) in [7, 11) is 5.20. The van der Waals surface area contributed by atoms with Gasteiger partial charge in [0.15, 0.2) is 11.6 Å². The van der Waals surface area contributed by atoms with E-state index in [4.69, 9.17) is 9.72 Å². The van der Waals surface area contributed by atoms with E-state index in [1.165, 1.54) is 13.2 Å². The van der Waals surface area contributed by atoms with E-state index in [1.54, 1.807) is 24.5 Å². The van der Waals surface area contributed by atoms with Gasteiger partial charge in [-0.15, -0.1) is 0 Å². The summed E-state index contributed by atoms with van der Waals surface area (Å²) in [5.41, 5.74) is 3.28. The zero-order valence-corrected chi connectivity index (χ0v) is 18.5. The number of nitrogens with zero attached hydrogens (tertiary/aromatic N) is 5. The zero-order chi connectivity index (χ0) is 22.7. The number of benzene rings is 1. The summed E-state index contributed by atoms with van der Waals surface area (Å²) in [5.74, 6) is 0.235. The highest BCUT2D eigenvalue weighted by molar-refractivity contribution is 5.80. The van der Waals surface area contributed by atoms with Crippen LogP contribution in [0.4, 0.5) is 10.3 Å². The van der Waals surface area contributed by atoms with E-state index in [2.05, 4.69) is 9.97 Å². The number of rotatable bonds is 6. The molecule has 1 atom stereocenters. The van der Waals surface area contributed by atoms with E-state index in [1.807, 2.05) is 42.2 Å². The van der Waals surface area contributed by atoms with Gasteiger partial charge >= 0.3 is 0 Å². The molecule has 1 fully saturated rings. The van der Waals surface area contributed by atoms with Gasteiger partial charge in [-0.2, -0.15) is 0 Å². The number of methoxy groups -OCH3 is 1. The molecule has 32 heavy (non-hydrogen) atoms. The fourth-order valence-corrected chi connectivity index (χ4v) is 4.05. The van der Waals surface area contributed by atoms with Crippen LogP contribution in [0.1, 0.15) is 30.1 Å². The topological polar surface area (TPSA) is 71.5 Å². The molecule has 7 nitrogen and oxygen atoms in total. The average molecular weight is 436 g/mol. The Bertz CT molecular complexity index is 1110. The highest BCUT2D eigenvalue weighted by atomic mass is 19.1. The second-order valence-electron chi connectivity index (χ2n) is 7.99. The van der Waals surface area contributed by atoms with Crippen molar-refractivity contribution in [2.45, 2.75) is 25.3 Å². The first-order valence-corrected chi connectivity index (χ1v) is 10.5. The Morgan fingerprint density at radius 3 is 2.72 bits per heavy atom. The molecule has 8 heteroatoms. The predicted octanol–water partition coefficient (Wildman–Crippen LogP) is 3.66. The summed E-state index contributed by atoms with van der Waals surface area (Å²) in [5, 5.41) is 0. The van der Waals surface area contributed by atoms with Crippen molar-refractivity contribution in [3.8, 4) is 16.9 Å². The maximum atomic E-state index is 14.1. The first-order valence-electron chi connectivity index (χ1n) is 10.5. The summed E-state index contributed by atoms with van der Waals surface area (Å²) in [6.45, 7) is 0.638. The third-order valence-electron chi connectivity index (χ3n) is 5.66. The number of amides is 1. The van der Waals surface area contributed by atoms with Gasteiger partial charge in [0.05, 0.1) is 25.3 Å². The van der Waals surface area contributed by atoms with Crippen LogP contribution < -0.4 is 9.64 Å². The maximum absolute atomic E-state index is 14.1. The van der Waals surface area contributed by atoms with Gasteiger partial charge in [-0.1, -0.05) is 6.07 Å². The lowest BCUT2D eigenvalue weighted by molar-refractivity contribution is -0.131. The van der Waals surface area contributed by atoms with E-state index >= 15 is 0 Å². The second-order valence-corrected chi connectivity index (χ2v) is 7.99. The Morgan fingerprint density at radius 2 is 2.03 bits per heavy atom. The Morgan fingerprint density at radius 1 is 1.25 bits per heavy atom. The Hall–Kier alpha value is -3.55. The van der Waals surface area contributed by atoms with Crippen molar-refractivity contribution in [2.75, 3.05) is 32.6 Å². The third kappa shape index (κ3) is 4.39. The van der Waals surface area contributed by atoms with Crippen molar-refractivity contribution in [3.05, 3.63) is 66.0 Å². The summed E-state index contributed by atoms with van der Waals surface area (Å²) in [6.07, 6.45) is 7.08. The van der Waals surface area contributed by atoms with Crippen LogP contribution in [0.25, 0.3) is 11.1 Å². The summed E-state index contributed by atoms with van der Waals surface area (Å²) < 4.78 is 19.1. The van der Waals surface area contributed by atoms with Crippen LogP contribution in [-0.4, -0.2) is 53.5 Å². The minimum atomic E-state index is -0.470. The fourth-order valence-electron chi connectivity index (χ4n) is 4.05. The minimum absolute atomic E-state index is 0.0530. The number of hydrogen-bond donors (Lipinski definition) is 0. The fraction of sp³-hybridized carbons (Fsp3) is 0.333. The molecule has 0 unspecified atom stereocenters. The molecule has 0 saturated carbocycles. The molecular weight excluding hydrogens is 409 g/mol. The number of carbonyl (C=O) groups excluding carboxylic acids is 1. The summed E-state index contributed by atoms with van der Waals surface area (Å²) in [4.78, 5) is 30.4. The van der Waals surface area contributed by atoms with Gasteiger partial charge < -0.3 is 14.5 Å².